The van der Waals surface area contributed by atoms with Crippen molar-refractivity contribution in [2.75, 3.05) is 20.7 Å². The predicted octanol–water partition coefficient (Wildman–Crippen LogP) is 3.38. The highest BCUT2D eigenvalue weighted by atomic mass is 19.3. The number of likely N-dealkylation sites (N-methyl/N-ethyl adjacent to an activating group) is 1. The lowest BCUT2D eigenvalue weighted by molar-refractivity contribution is -0.130. The van der Waals surface area contributed by atoms with Gasteiger partial charge in [-0.25, -0.2) is 13.2 Å². The number of aryl methyl sites for hydroxylation is 1. The number of rotatable bonds is 5. The normalized spacial score (nSPS) is 17.3. The van der Waals surface area contributed by atoms with E-state index in [0.29, 0.717) is 11.3 Å². The second-order valence-corrected chi connectivity index (χ2v) is 7.82. The molecule has 0 saturated heterocycles. The van der Waals surface area contributed by atoms with Crippen LogP contribution in [0.25, 0.3) is 0 Å². The molecule has 1 saturated carbocycles. The summed E-state index contributed by atoms with van der Waals surface area (Å²) in [5.74, 6) is 0.496. The first-order valence-electron chi connectivity index (χ1n) is 9.74. The molecule has 1 aliphatic rings. The maximum absolute atomic E-state index is 14.5. The maximum Gasteiger partial charge on any atom is 0.263 e. The Balaban J connectivity index is 1.79. The van der Waals surface area contributed by atoms with Crippen molar-refractivity contribution in [3.05, 3.63) is 63.3 Å². The van der Waals surface area contributed by atoms with Crippen LogP contribution in [0.3, 0.4) is 0 Å². The summed E-state index contributed by atoms with van der Waals surface area (Å²) in [5.41, 5.74) is 0.783. The number of aromatic nitrogens is 1. The average molecular weight is 432 g/mol. The van der Waals surface area contributed by atoms with Crippen LogP contribution in [-0.2, 0) is 4.79 Å². The molecule has 164 valence electrons. The standard InChI is InChI=1S/C23H23F3N2O3/c1-14-9-19(31-13-22(30)27(3)4)11-21(29)28(14)15(2)17-6-5-16(20(24)10-17)7-8-18-12-23(18,25)26/h5-6,9-11,15,18H,12-13H2,1-4H3/t15-,18?/m1/s1. The minimum atomic E-state index is -2.77. The van der Waals surface area contributed by atoms with Gasteiger partial charge in [-0.15, -0.1) is 0 Å². The molecule has 0 bridgehead atoms. The molecule has 1 heterocycles. The number of hydrogen-bond donors (Lipinski definition) is 0. The second kappa shape index (κ2) is 8.50. The van der Waals surface area contributed by atoms with Gasteiger partial charge in [-0.3, -0.25) is 9.59 Å². The molecule has 0 N–H and O–H groups in total. The van der Waals surface area contributed by atoms with Crippen molar-refractivity contribution in [3.63, 3.8) is 0 Å². The Kier molecular flexibility index (Phi) is 6.16. The minimum absolute atomic E-state index is 0.0389. The Hall–Kier alpha value is -3.21. The zero-order valence-corrected chi connectivity index (χ0v) is 17.7. The summed E-state index contributed by atoms with van der Waals surface area (Å²) in [6.07, 6.45) is -0.290. The van der Waals surface area contributed by atoms with E-state index in [4.69, 9.17) is 4.74 Å². The molecule has 1 amide bonds. The number of carbonyl (C=O) groups is 1. The zero-order valence-electron chi connectivity index (χ0n) is 17.7. The van der Waals surface area contributed by atoms with Crippen molar-refractivity contribution >= 4 is 5.91 Å². The predicted molar refractivity (Wildman–Crippen MR) is 110 cm³/mol. The van der Waals surface area contributed by atoms with Gasteiger partial charge in [-0.2, -0.15) is 0 Å². The molecule has 31 heavy (non-hydrogen) atoms. The quantitative estimate of drug-likeness (QED) is 0.681. The Labute approximate surface area is 178 Å². The highest BCUT2D eigenvalue weighted by molar-refractivity contribution is 5.77. The molecule has 1 fully saturated rings. The fraction of sp³-hybridized carbons (Fsp3) is 0.391. The third kappa shape index (κ3) is 5.10. The van der Waals surface area contributed by atoms with Crippen LogP contribution in [0.15, 0.2) is 35.1 Å². The van der Waals surface area contributed by atoms with Gasteiger partial charge in [0.05, 0.1) is 17.5 Å². The lowest BCUT2D eigenvalue weighted by atomic mass is 10.0. The first-order valence-corrected chi connectivity index (χ1v) is 9.74. The zero-order chi connectivity index (χ0) is 22.9. The first-order chi connectivity index (χ1) is 14.5. The lowest BCUT2D eigenvalue weighted by Crippen LogP contribution is -2.29. The monoisotopic (exact) mass is 432 g/mol. The maximum atomic E-state index is 14.5. The van der Waals surface area contributed by atoms with Crippen molar-refractivity contribution in [3.8, 4) is 17.6 Å². The lowest BCUT2D eigenvalue weighted by Gasteiger charge is -2.20. The van der Waals surface area contributed by atoms with Gasteiger partial charge < -0.3 is 14.2 Å². The van der Waals surface area contributed by atoms with E-state index in [1.807, 2.05) is 0 Å². The molecule has 1 aromatic heterocycles. The summed E-state index contributed by atoms with van der Waals surface area (Å²) < 4.78 is 47.2. The third-order valence-corrected chi connectivity index (χ3v) is 5.17. The van der Waals surface area contributed by atoms with E-state index < -0.39 is 23.7 Å². The van der Waals surface area contributed by atoms with E-state index in [-0.39, 0.29) is 35.8 Å². The molecule has 1 aliphatic carbocycles. The number of amides is 1. The molecule has 1 aromatic carbocycles. The molecular weight excluding hydrogens is 409 g/mol. The number of pyridine rings is 1. The SMILES string of the molecule is Cc1cc(OCC(=O)N(C)C)cc(=O)n1[C@H](C)c1ccc(C#CC2CC2(F)F)c(F)c1. The van der Waals surface area contributed by atoms with Gasteiger partial charge in [0.15, 0.2) is 6.61 Å². The van der Waals surface area contributed by atoms with Crippen molar-refractivity contribution in [2.24, 2.45) is 5.92 Å². The number of carbonyl (C=O) groups excluding carboxylic acids is 1. The van der Waals surface area contributed by atoms with Crippen molar-refractivity contribution in [2.45, 2.75) is 32.2 Å². The van der Waals surface area contributed by atoms with Crippen LogP contribution in [0.4, 0.5) is 13.2 Å². The highest BCUT2D eigenvalue weighted by Gasteiger charge is 2.56. The number of alkyl halides is 2. The van der Waals surface area contributed by atoms with Crippen LogP contribution in [0, 0.1) is 30.5 Å². The topological polar surface area (TPSA) is 51.5 Å². The smallest absolute Gasteiger partial charge is 0.263 e. The fourth-order valence-corrected chi connectivity index (χ4v) is 3.11. The number of hydrogen-bond acceptors (Lipinski definition) is 3. The van der Waals surface area contributed by atoms with Crippen LogP contribution >= 0.6 is 0 Å². The summed E-state index contributed by atoms with van der Waals surface area (Å²) >= 11 is 0. The van der Waals surface area contributed by atoms with Crippen LogP contribution < -0.4 is 10.3 Å². The van der Waals surface area contributed by atoms with E-state index in [1.165, 1.54) is 27.7 Å². The first kappa shape index (κ1) is 22.5. The summed E-state index contributed by atoms with van der Waals surface area (Å²) in [5, 5.41) is 0. The molecule has 0 spiro atoms. The molecule has 0 aliphatic heterocycles. The highest BCUT2D eigenvalue weighted by Crippen LogP contribution is 2.48. The van der Waals surface area contributed by atoms with Crippen LogP contribution in [-0.4, -0.2) is 42.0 Å². The molecular formula is C23H23F3N2O3. The number of ether oxygens (including phenoxy) is 1. The Morgan fingerprint density at radius 1 is 1.32 bits per heavy atom. The molecule has 5 nitrogen and oxygen atoms in total. The van der Waals surface area contributed by atoms with Crippen LogP contribution in [0.2, 0.25) is 0 Å². The number of benzene rings is 1. The average Bonchev–Trinajstić information content (AvgIpc) is 3.30. The van der Waals surface area contributed by atoms with E-state index in [9.17, 15) is 22.8 Å². The molecule has 1 unspecified atom stereocenters. The van der Waals surface area contributed by atoms with Gasteiger partial charge in [0, 0.05) is 32.3 Å². The summed E-state index contributed by atoms with van der Waals surface area (Å²) in [6, 6.07) is 6.72. The largest absolute Gasteiger partial charge is 0.484 e. The van der Waals surface area contributed by atoms with E-state index in [2.05, 4.69) is 11.8 Å². The van der Waals surface area contributed by atoms with Gasteiger partial charge in [-0.1, -0.05) is 17.9 Å². The van der Waals surface area contributed by atoms with E-state index >= 15 is 0 Å². The van der Waals surface area contributed by atoms with Gasteiger partial charge in [0.25, 0.3) is 17.4 Å². The van der Waals surface area contributed by atoms with Gasteiger partial charge in [0.2, 0.25) is 0 Å². The van der Waals surface area contributed by atoms with Crippen LogP contribution in [0.1, 0.15) is 36.2 Å². The molecule has 8 heteroatoms. The van der Waals surface area contributed by atoms with Gasteiger partial charge in [0.1, 0.15) is 11.6 Å². The third-order valence-electron chi connectivity index (χ3n) is 5.17. The Bertz CT molecular complexity index is 1130. The fourth-order valence-electron chi connectivity index (χ4n) is 3.11. The van der Waals surface area contributed by atoms with Crippen LogP contribution in [0.5, 0.6) is 5.75 Å². The second-order valence-electron chi connectivity index (χ2n) is 7.82. The molecule has 2 atom stereocenters. The molecule has 3 rings (SSSR count). The van der Waals surface area contributed by atoms with E-state index in [0.717, 1.165) is 0 Å². The summed E-state index contributed by atoms with van der Waals surface area (Å²) in [4.78, 5) is 25.7. The van der Waals surface area contributed by atoms with Gasteiger partial charge >= 0.3 is 0 Å². The van der Waals surface area contributed by atoms with Crippen molar-refractivity contribution in [1.82, 2.24) is 9.47 Å². The van der Waals surface area contributed by atoms with E-state index in [1.54, 1.807) is 40.1 Å². The molecule has 2 aromatic rings. The summed E-state index contributed by atoms with van der Waals surface area (Å²) in [7, 11) is 3.21. The Morgan fingerprint density at radius 2 is 2.00 bits per heavy atom. The minimum Gasteiger partial charge on any atom is -0.484 e. The number of halogens is 3. The number of nitrogens with zero attached hydrogens (tertiary/aromatic N) is 2. The molecule has 0 radical (unpaired) electrons. The van der Waals surface area contributed by atoms with Crippen molar-refractivity contribution in [1.29, 1.82) is 0 Å². The Morgan fingerprint density at radius 3 is 2.55 bits per heavy atom. The van der Waals surface area contributed by atoms with Gasteiger partial charge in [-0.05, 0) is 37.6 Å². The summed E-state index contributed by atoms with van der Waals surface area (Å²) in [6.45, 7) is 3.27. The van der Waals surface area contributed by atoms with Crippen molar-refractivity contribution < 1.29 is 22.7 Å².